The summed E-state index contributed by atoms with van der Waals surface area (Å²) in [7, 11) is 0. The van der Waals surface area contributed by atoms with E-state index in [1.54, 1.807) is 0 Å². The van der Waals surface area contributed by atoms with Gasteiger partial charge in [-0.2, -0.15) is 0 Å². The maximum atomic E-state index is 11.6. The minimum absolute atomic E-state index is 0.406. The number of benzene rings is 3. The second-order valence-electron chi connectivity index (χ2n) is 5.05. The molecule has 0 saturated heterocycles. The Morgan fingerprint density at radius 2 is 1.30 bits per heavy atom. The molecular formula is C18H13BrO4. The lowest BCUT2D eigenvalue weighted by Gasteiger charge is -2.16. The van der Waals surface area contributed by atoms with E-state index in [1.807, 2.05) is 42.5 Å². The topological polar surface area (TPSA) is 52.6 Å². The van der Waals surface area contributed by atoms with Crippen molar-refractivity contribution >= 4 is 49.4 Å². The van der Waals surface area contributed by atoms with Crippen LogP contribution in [0.1, 0.15) is 13.8 Å². The maximum absolute atomic E-state index is 11.6. The van der Waals surface area contributed by atoms with Crippen LogP contribution in [0.25, 0.3) is 21.5 Å². The minimum atomic E-state index is -0.410. The number of halogens is 1. The molecule has 5 heteroatoms. The quantitative estimate of drug-likeness (QED) is 0.374. The lowest BCUT2D eigenvalue weighted by molar-refractivity contribution is -0.132. The molecule has 0 aromatic heterocycles. The SMILES string of the molecule is CC(=O)Oc1c2ccccc2c(OC(C)=O)c2c(Br)cccc12. The van der Waals surface area contributed by atoms with Crippen LogP contribution >= 0.6 is 15.9 Å². The first-order valence-electron chi connectivity index (χ1n) is 6.99. The first-order chi connectivity index (χ1) is 11.0. The van der Waals surface area contributed by atoms with Gasteiger partial charge in [0.1, 0.15) is 11.5 Å². The number of carbonyl (C=O) groups is 2. The highest BCUT2D eigenvalue weighted by molar-refractivity contribution is 9.10. The van der Waals surface area contributed by atoms with Crippen LogP contribution in [0.15, 0.2) is 46.9 Å². The van der Waals surface area contributed by atoms with Crippen LogP contribution in [0, 0.1) is 0 Å². The summed E-state index contributed by atoms with van der Waals surface area (Å²) in [6.07, 6.45) is 0. The molecule has 0 amide bonds. The average molecular weight is 373 g/mol. The summed E-state index contributed by atoms with van der Waals surface area (Å²) >= 11 is 3.49. The van der Waals surface area contributed by atoms with E-state index in [0.717, 1.165) is 4.47 Å². The van der Waals surface area contributed by atoms with Gasteiger partial charge in [-0.3, -0.25) is 9.59 Å². The molecule has 0 N–H and O–H groups in total. The highest BCUT2D eigenvalue weighted by Gasteiger charge is 2.19. The first-order valence-corrected chi connectivity index (χ1v) is 7.78. The van der Waals surface area contributed by atoms with Crippen molar-refractivity contribution in [2.45, 2.75) is 13.8 Å². The van der Waals surface area contributed by atoms with Gasteiger partial charge in [-0.15, -0.1) is 0 Å². The number of hydrogen-bond acceptors (Lipinski definition) is 4. The fourth-order valence-electron chi connectivity index (χ4n) is 2.61. The molecule has 0 radical (unpaired) electrons. The zero-order valence-electron chi connectivity index (χ0n) is 12.6. The number of esters is 2. The normalized spacial score (nSPS) is 10.7. The van der Waals surface area contributed by atoms with Crippen molar-refractivity contribution in [3.8, 4) is 11.5 Å². The molecule has 0 fully saturated rings. The van der Waals surface area contributed by atoms with Crippen LogP contribution in [0.5, 0.6) is 11.5 Å². The van der Waals surface area contributed by atoms with Crippen molar-refractivity contribution in [2.24, 2.45) is 0 Å². The van der Waals surface area contributed by atoms with Crippen molar-refractivity contribution in [3.63, 3.8) is 0 Å². The zero-order chi connectivity index (χ0) is 16.6. The molecule has 0 spiro atoms. The molecule has 116 valence electrons. The van der Waals surface area contributed by atoms with E-state index in [9.17, 15) is 9.59 Å². The third kappa shape index (κ3) is 2.80. The molecule has 0 aliphatic carbocycles. The molecule has 3 aromatic carbocycles. The monoisotopic (exact) mass is 372 g/mol. The van der Waals surface area contributed by atoms with E-state index in [1.165, 1.54) is 13.8 Å². The molecule has 3 aromatic rings. The van der Waals surface area contributed by atoms with E-state index in [0.29, 0.717) is 33.0 Å². The lowest BCUT2D eigenvalue weighted by atomic mass is 10.0. The van der Waals surface area contributed by atoms with Crippen LogP contribution < -0.4 is 9.47 Å². The molecule has 0 atom stereocenters. The van der Waals surface area contributed by atoms with Gasteiger partial charge in [0.15, 0.2) is 0 Å². The summed E-state index contributed by atoms with van der Waals surface area (Å²) in [5.74, 6) is 0.0934. The van der Waals surface area contributed by atoms with Crippen LogP contribution in [0.4, 0.5) is 0 Å². The fraction of sp³-hybridized carbons (Fsp3) is 0.111. The number of fused-ring (bicyclic) bond motifs is 2. The Hall–Kier alpha value is -2.40. The standard InChI is InChI=1S/C18H13BrO4/c1-10(20)22-17-12-6-3-4-7-13(12)18(23-11(2)21)16-14(17)8-5-9-15(16)19/h3-9H,1-2H3. The third-order valence-electron chi connectivity index (χ3n) is 3.39. The molecule has 0 bridgehead atoms. The summed E-state index contributed by atoms with van der Waals surface area (Å²) in [6.45, 7) is 2.72. The molecule has 4 nitrogen and oxygen atoms in total. The van der Waals surface area contributed by atoms with Gasteiger partial charge in [-0.25, -0.2) is 0 Å². The summed E-state index contributed by atoms with van der Waals surface area (Å²) < 4.78 is 11.7. The van der Waals surface area contributed by atoms with E-state index in [-0.39, 0.29) is 0 Å². The fourth-order valence-corrected chi connectivity index (χ4v) is 3.15. The lowest BCUT2D eigenvalue weighted by Crippen LogP contribution is -2.06. The smallest absolute Gasteiger partial charge is 0.308 e. The average Bonchev–Trinajstić information content (AvgIpc) is 2.50. The van der Waals surface area contributed by atoms with E-state index >= 15 is 0 Å². The summed E-state index contributed by atoms with van der Waals surface area (Å²) in [6, 6.07) is 12.9. The predicted molar refractivity (Wildman–Crippen MR) is 91.8 cm³/mol. The Morgan fingerprint density at radius 3 is 1.91 bits per heavy atom. The number of carbonyl (C=O) groups excluding carboxylic acids is 2. The van der Waals surface area contributed by atoms with Gasteiger partial charge in [0.2, 0.25) is 0 Å². The van der Waals surface area contributed by atoms with Crippen molar-refractivity contribution in [2.75, 3.05) is 0 Å². The van der Waals surface area contributed by atoms with Crippen molar-refractivity contribution in [1.82, 2.24) is 0 Å². The molecule has 0 heterocycles. The first kappa shape index (κ1) is 15.5. The van der Waals surface area contributed by atoms with Crippen LogP contribution in [-0.4, -0.2) is 11.9 Å². The molecule has 0 unspecified atom stereocenters. The van der Waals surface area contributed by atoms with Crippen LogP contribution in [-0.2, 0) is 9.59 Å². The Labute approximate surface area is 141 Å². The van der Waals surface area contributed by atoms with Crippen molar-refractivity contribution in [1.29, 1.82) is 0 Å². The summed E-state index contributed by atoms with van der Waals surface area (Å²) in [4.78, 5) is 23.1. The molecule has 3 rings (SSSR count). The second kappa shape index (κ2) is 6.01. The van der Waals surface area contributed by atoms with Gasteiger partial charge in [0.05, 0.1) is 0 Å². The predicted octanol–water partition coefficient (Wildman–Crippen LogP) is 4.61. The highest BCUT2D eigenvalue weighted by atomic mass is 79.9. The van der Waals surface area contributed by atoms with Gasteiger partial charge in [-0.05, 0) is 6.07 Å². The summed E-state index contributed by atoms with van der Waals surface area (Å²) in [5.41, 5.74) is 0. The number of rotatable bonds is 2. The Morgan fingerprint density at radius 1 is 0.783 bits per heavy atom. The van der Waals surface area contributed by atoms with Gasteiger partial charge in [0, 0.05) is 39.9 Å². The van der Waals surface area contributed by atoms with Gasteiger partial charge >= 0.3 is 11.9 Å². The van der Waals surface area contributed by atoms with E-state index in [2.05, 4.69) is 15.9 Å². The van der Waals surface area contributed by atoms with Crippen LogP contribution in [0.2, 0.25) is 0 Å². The minimum Gasteiger partial charge on any atom is -0.425 e. The van der Waals surface area contributed by atoms with E-state index in [4.69, 9.17) is 9.47 Å². The second-order valence-corrected chi connectivity index (χ2v) is 5.91. The van der Waals surface area contributed by atoms with Gasteiger partial charge < -0.3 is 9.47 Å². The largest absolute Gasteiger partial charge is 0.425 e. The molecule has 0 aliphatic heterocycles. The van der Waals surface area contributed by atoms with Gasteiger partial charge in [-0.1, -0.05) is 52.3 Å². The molecule has 0 saturated carbocycles. The Kier molecular flexibility index (Phi) is 4.05. The number of hydrogen-bond donors (Lipinski definition) is 0. The van der Waals surface area contributed by atoms with Crippen LogP contribution in [0.3, 0.4) is 0 Å². The maximum Gasteiger partial charge on any atom is 0.308 e. The Balaban J connectivity index is 2.53. The van der Waals surface area contributed by atoms with Crippen molar-refractivity contribution in [3.05, 3.63) is 46.9 Å². The van der Waals surface area contributed by atoms with E-state index < -0.39 is 11.9 Å². The highest BCUT2D eigenvalue weighted by Crippen LogP contribution is 2.45. The molecular weight excluding hydrogens is 360 g/mol. The Bertz CT molecular complexity index is 947. The molecule has 23 heavy (non-hydrogen) atoms. The summed E-state index contributed by atoms with van der Waals surface area (Å²) in [5, 5.41) is 2.81. The van der Waals surface area contributed by atoms with Crippen molar-refractivity contribution < 1.29 is 19.1 Å². The molecule has 0 aliphatic rings. The third-order valence-corrected chi connectivity index (χ3v) is 4.05. The zero-order valence-corrected chi connectivity index (χ0v) is 14.1. The van der Waals surface area contributed by atoms with Gasteiger partial charge in [0.25, 0.3) is 0 Å². The number of ether oxygens (including phenoxy) is 2.